The fourth-order valence-corrected chi connectivity index (χ4v) is 12.6. The fraction of sp³-hybridized carbons (Fsp3) is 0.806. The normalized spacial score (nSPS) is 35.7. The lowest BCUT2D eigenvalue weighted by Crippen LogP contribution is -2.62. The van der Waals surface area contributed by atoms with Crippen LogP contribution in [-0.2, 0) is 24.9 Å². The molecule has 4 saturated carbocycles. The van der Waals surface area contributed by atoms with E-state index in [9.17, 15) is 36.9 Å². The number of carbonyl (C=O) groups excluding carboxylic acids is 1. The summed E-state index contributed by atoms with van der Waals surface area (Å²) >= 11 is 0. The Morgan fingerprint density at radius 1 is 1.00 bits per heavy atom. The van der Waals surface area contributed by atoms with E-state index in [1.165, 1.54) is 20.2 Å². The Labute approximate surface area is 312 Å². The Kier molecular flexibility index (Phi) is 11.3. The van der Waals surface area contributed by atoms with Gasteiger partial charge in [0.1, 0.15) is 4.90 Å². The van der Waals surface area contributed by atoms with E-state index in [2.05, 4.69) is 41.7 Å². The summed E-state index contributed by atoms with van der Waals surface area (Å²) in [4.78, 5) is 13.0. The third-order valence-electron chi connectivity index (χ3n) is 14.1. The van der Waals surface area contributed by atoms with Gasteiger partial charge in [-0.2, -0.15) is 8.42 Å². The number of hydrogen-bond donors (Lipinski definition) is 6. The molecule has 298 valence electrons. The molecule has 6 rings (SSSR count). The van der Waals surface area contributed by atoms with Crippen LogP contribution in [0.4, 0.5) is 5.69 Å². The summed E-state index contributed by atoms with van der Waals surface area (Å²) in [6.45, 7) is 6.44. The monoisotopic (exact) mass is 783 g/mol. The highest BCUT2D eigenvalue weighted by Gasteiger charge is 2.65. The quantitative estimate of drug-likeness (QED) is 0.161. The van der Waals surface area contributed by atoms with Gasteiger partial charge in [-0.3, -0.25) is 9.35 Å². The largest absolute Gasteiger partial charge is 0.393 e. The van der Waals surface area contributed by atoms with E-state index in [0.29, 0.717) is 37.8 Å². The van der Waals surface area contributed by atoms with Crippen molar-refractivity contribution in [2.45, 2.75) is 114 Å². The minimum absolute atomic E-state index is 0.0183. The molecule has 0 spiro atoms. The Bertz CT molecular complexity index is 1870. The van der Waals surface area contributed by atoms with Gasteiger partial charge in [0.15, 0.2) is 11.0 Å². The lowest BCUT2D eigenvalue weighted by molar-refractivity contribution is -0.207. The van der Waals surface area contributed by atoms with Crippen molar-refractivity contribution in [3.8, 4) is 0 Å². The third-order valence-corrected chi connectivity index (χ3v) is 16.7. The van der Waals surface area contributed by atoms with Crippen molar-refractivity contribution in [3.05, 3.63) is 12.1 Å². The molecular weight excluding hydrogens is 727 g/mol. The number of rotatable bonds is 13. The SMILES string of the molecule is CC(CC[C@@H](CC(=O)NCCS(=O)(=O)O)Nc1ccc(S(=O)(=O)N(C)C)c2nonc12)C1CCC2C3C(C[C@H](O)C12C)C1(C)CC[C@@H](O)CC1C[C@H]3O. The summed E-state index contributed by atoms with van der Waals surface area (Å²) in [7, 11) is -5.32. The number of carbonyl (C=O) groups is 1. The average Bonchev–Trinajstić information content (AvgIpc) is 3.70. The van der Waals surface area contributed by atoms with E-state index < -0.39 is 55.5 Å². The van der Waals surface area contributed by atoms with E-state index in [4.69, 9.17) is 9.18 Å². The van der Waals surface area contributed by atoms with Crippen LogP contribution in [0.2, 0.25) is 0 Å². The van der Waals surface area contributed by atoms with E-state index in [-0.39, 0.29) is 75.9 Å². The van der Waals surface area contributed by atoms with Crippen molar-refractivity contribution >= 4 is 42.8 Å². The number of benzene rings is 1. The third kappa shape index (κ3) is 7.60. The molecule has 1 aromatic heterocycles. The molecule has 53 heavy (non-hydrogen) atoms. The van der Waals surface area contributed by atoms with E-state index in [1.54, 1.807) is 6.07 Å². The van der Waals surface area contributed by atoms with Crippen LogP contribution < -0.4 is 10.6 Å². The Morgan fingerprint density at radius 2 is 1.72 bits per heavy atom. The summed E-state index contributed by atoms with van der Waals surface area (Å²) in [5.74, 6) is -0.0583. The zero-order valence-electron chi connectivity index (χ0n) is 31.3. The first kappa shape index (κ1) is 40.3. The van der Waals surface area contributed by atoms with Gasteiger partial charge < -0.3 is 26.0 Å². The molecule has 17 heteroatoms. The van der Waals surface area contributed by atoms with Gasteiger partial charge in [0.05, 0.1) is 29.8 Å². The smallest absolute Gasteiger partial charge is 0.266 e. The van der Waals surface area contributed by atoms with Crippen molar-refractivity contribution in [1.29, 1.82) is 0 Å². The first-order chi connectivity index (χ1) is 24.8. The van der Waals surface area contributed by atoms with Crippen molar-refractivity contribution in [2.24, 2.45) is 46.3 Å². The molecule has 0 radical (unpaired) electrons. The highest BCUT2D eigenvalue weighted by molar-refractivity contribution is 7.89. The van der Waals surface area contributed by atoms with E-state index >= 15 is 0 Å². The molecule has 15 nitrogen and oxygen atoms in total. The molecule has 0 saturated heterocycles. The summed E-state index contributed by atoms with van der Waals surface area (Å²) in [6.07, 6.45) is 5.32. The number of amides is 1. The van der Waals surface area contributed by atoms with Gasteiger partial charge in [0.2, 0.25) is 15.9 Å². The fourth-order valence-electron chi connectivity index (χ4n) is 11.2. The number of aliphatic hydroxyl groups is 3. The number of sulfonamides is 1. The number of hydrogen-bond acceptors (Lipinski definition) is 12. The zero-order chi connectivity index (χ0) is 38.7. The molecule has 1 amide bonds. The Balaban J connectivity index is 1.20. The molecule has 2 aromatic rings. The second-order valence-electron chi connectivity index (χ2n) is 17.1. The Hall–Kier alpha value is -2.41. The predicted molar refractivity (Wildman–Crippen MR) is 197 cm³/mol. The van der Waals surface area contributed by atoms with Crippen LogP contribution in [0.1, 0.15) is 85.0 Å². The molecule has 1 aromatic carbocycles. The topological polar surface area (TPSA) is 232 Å². The van der Waals surface area contributed by atoms with Crippen LogP contribution in [0, 0.1) is 46.3 Å². The van der Waals surface area contributed by atoms with Gasteiger partial charge in [-0.05, 0) is 127 Å². The molecule has 12 atom stereocenters. The first-order valence-corrected chi connectivity index (χ1v) is 22.0. The van der Waals surface area contributed by atoms with E-state index in [0.717, 1.165) is 30.0 Å². The zero-order valence-corrected chi connectivity index (χ0v) is 32.9. The van der Waals surface area contributed by atoms with Gasteiger partial charge in [-0.1, -0.05) is 20.8 Å². The summed E-state index contributed by atoms with van der Waals surface area (Å²) in [5, 5.41) is 47.9. The summed E-state index contributed by atoms with van der Waals surface area (Å²) < 4.78 is 63.6. The second-order valence-corrected chi connectivity index (χ2v) is 20.8. The molecule has 4 aliphatic rings. The lowest BCUT2D eigenvalue weighted by Gasteiger charge is -2.63. The maximum atomic E-state index is 13.1. The average molecular weight is 784 g/mol. The van der Waals surface area contributed by atoms with Gasteiger partial charge in [-0.25, -0.2) is 17.4 Å². The van der Waals surface area contributed by atoms with Crippen LogP contribution in [-0.4, -0.2) is 108 Å². The molecular formula is C36H57N5O10S2. The van der Waals surface area contributed by atoms with Crippen molar-refractivity contribution in [2.75, 3.05) is 31.7 Å². The summed E-state index contributed by atoms with van der Waals surface area (Å²) in [5.41, 5.74) is 0.213. The number of nitrogens with zero attached hydrogens (tertiary/aromatic N) is 3. The standard InChI is InChI=1S/C36H57N5O10S2/c1-20(24-8-9-25-32-26(19-30(44)36(24,25)3)35(2)13-12-23(42)16-21(35)17-28(32)43)6-7-22(18-31(45)37-14-15-52(46,47)48)38-27-10-11-29(53(49,50)41(4)5)34-33(27)39-51-40-34/h10-11,20-26,28,30,32,38,42-44H,6-9,12-19H2,1-5H3,(H,37,45)(H,46,47,48)/t20?,21?,22-,23+,24?,25?,26?,28+,30-,32?,35?,36?/m0/s1. The minimum Gasteiger partial charge on any atom is -0.393 e. The number of anilines is 1. The van der Waals surface area contributed by atoms with Gasteiger partial charge in [0, 0.05) is 33.1 Å². The lowest BCUT2D eigenvalue weighted by atomic mass is 9.43. The van der Waals surface area contributed by atoms with Crippen molar-refractivity contribution < 1.29 is 46.1 Å². The van der Waals surface area contributed by atoms with Crippen LogP contribution in [0.3, 0.4) is 0 Å². The minimum atomic E-state index is -4.27. The maximum Gasteiger partial charge on any atom is 0.266 e. The highest BCUT2D eigenvalue weighted by Crippen LogP contribution is 2.68. The second kappa shape index (κ2) is 14.9. The van der Waals surface area contributed by atoms with Gasteiger partial charge in [0.25, 0.3) is 10.1 Å². The Morgan fingerprint density at radius 3 is 2.42 bits per heavy atom. The number of aliphatic hydroxyl groups excluding tert-OH is 3. The molecule has 8 unspecified atom stereocenters. The van der Waals surface area contributed by atoms with Gasteiger partial charge >= 0.3 is 0 Å². The predicted octanol–water partition coefficient (Wildman–Crippen LogP) is 3.03. The molecule has 0 bridgehead atoms. The number of fused-ring (bicyclic) bond motifs is 6. The van der Waals surface area contributed by atoms with Crippen molar-refractivity contribution in [3.63, 3.8) is 0 Å². The molecule has 4 aliphatic carbocycles. The number of aromatic nitrogens is 2. The van der Waals surface area contributed by atoms with Crippen LogP contribution in [0.25, 0.3) is 11.0 Å². The van der Waals surface area contributed by atoms with Crippen LogP contribution in [0.5, 0.6) is 0 Å². The van der Waals surface area contributed by atoms with Crippen molar-refractivity contribution in [1.82, 2.24) is 19.9 Å². The summed E-state index contributed by atoms with van der Waals surface area (Å²) in [6, 6.07) is 2.47. The molecule has 4 fully saturated rings. The highest BCUT2D eigenvalue weighted by atomic mass is 32.2. The molecule has 6 N–H and O–H groups in total. The first-order valence-electron chi connectivity index (χ1n) is 19.0. The number of nitrogens with one attached hydrogen (secondary N) is 2. The maximum absolute atomic E-state index is 13.1. The van der Waals surface area contributed by atoms with Crippen LogP contribution in [0.15, 0.2) is 21.7 Å². The molecule has 1 heterocycles. The molecule has 0 aliphatic heterocycles. The van der Waals surface area contributed by atoms with Gasteiger partial charge in [-0.15, -0.1) is 0 Å². The van der Waals surface area contributed by atoms with Crippen LogP contribution >= 0.6 is 0 Å². The van der Waals surface area contributed by atoms with E-state index in [1.807, 2.05) is 0 Å².